The number of nitrogens with one attached hydrogen (secondary N) is 1. The molecule has 4 heterocycles. The maximum Gasteiger partial charge on any atom is 0.228 e. The molecule has 9 nitrogen and oxygen atoms in total. The molecule has 168 valence electrons. The third kappa shape index (κ3) is 3.93. The monoisotopic (exact) mass is 436 g/mol. The van der Waals surface area contributed by atoms with Crippen LogP contribution >= 0.6 is 0 Å². The average molecular weight is 437 g/mol. The molecular weight excluding hydrogens is 408 g/mol. The maximum atomic E-state index is 12.8. The molecule has 0 saturated carbocycles. The van der Waals surface area contributed by atoms with Gasteiger partial charge < -0.3 is 20.1 Å². The lowest BCUT2D eigenvalue weighted by Crippen LogP contribution is -2.45. The lowest BCUT2D eigenvalue weighted by Gasteiger charge is -2.35. The van der Waals surface area contributed by atoms with E-state index in [4.69, 9.17) is 9.72 Å². The summed E-state index contributed by atoms with van der Waals surface area (Å²) < 4.78 is 7.52. The number of piperidine rings is 1. The highest BCUT2D eigenvalue weighted by Crippen LogP contribution is 2.32. The first-order valence-electron chi connectivity index (χ1n) is 11.0. The fourth-order valence-electron chi connectivity index (χ4n) is 4.24. The molecule has 2 saturated heterocycles. The van der Waals surface area contributed by atoms with Gasteiger partial charge in [0.1, 0.15) is 16.8 Å². The number of benzene rings is 1. The number of rotatable bonds is 5. The fraction of sp³-hybridized carbons (Fsp3) is 0.478. The van der Waals surface area contributed by atoms with Crippen molar-refractivity contribution in [2.75, 3.05) is 33.3 Å². The summed E-state index contributed by atoms with van der Waals surface area (Å²) in [5.41, 5.74) is 3.18. The van der Waals surface area contributed by atoms with E-state index < -0.39 is 5.60 Å². The summed E-state index contributed by atoms with van der Waals surface area (Å²) in [7, 11) is 1.61. The summed E-state index contributed by atoms with van der Waals surface area (Å²) in [5, 5.41) is 17.9. The molecule has 1 aromatic carbocycles. The minimum atomic E-state index is -0.688. The van der Waals surface area contributed by atoms with Crippen molar-refractivity contribution in [3.8, 4) is 16.9 Å². The van der Waals surface area contributed by atoms with Gasteiger partial charge in [0.15, 0.2) is 0 Å². The molecular formula is C23H28N6O3. The number of nitrogens with zero attached hydrogens (tertiary/aromatic N) is 5. The van der Waals surface area contributed by atoms with E-state index in [0.29, 0.717) is 48.9 Å². The van der Waals surface area contributed by atoms with Crippen molar-refractivity contribution in [2.45, 2.75) is 37.8 Å². The molecule has 0 spiro atoms. The van der Waals surface area contributed by atoms with Crippen LogP contribution in [0.4, 0.5) is 0 Å². The quantitative estimate of drug-likeness (QED) is 0.625. The van der Waals surface area contributed by atoms with Gasteiger partial charge in [-0.15, -0.1) is 0 Å². The molecule has 2 aliphatic heterocycles. The molecule has 2 aliphatic rings. The largest absolute Gasteiger partial charge is 0.494 e. The Kier molecular flexibility index (Phi) is 5.30. The van der Waals surface area contributed by atoms with E-state index in [1.807, 2.05) is 36.1 Å². The van der Waals surface area contributed by atoms with Gasteiger partial charge >= 0.3 is 0 Å². The van der Waals surface area contributed by atoms with Crippen molar-refractivity contribution >= 4 is 16.9 Å². The Morgan fingerprint density at radius 3 is 2.72 bits per heavy atom. The van der Waals surface area contributed by atoms with E-state index in [-0.39, 0.29) is 12.3 Å². The number of aromatic nitrogens is 4. The van der Waals surface area contributed by atoms with E-state index >= 15 is 0 Å². The van der Waals surface area contributed by atoms with Crippen LogP contribution in [0.25, 0.3) is 22.2 Å². The third-order valence-electron chi connectivity index (χ3n) is 6.50. The summed E-state index contributed by atoms with van der Waals surface area (Å²) in [6.45, 7) is 4.79. The van der Waals surface area contributed by atoms with Gasteiger partial charge in [0.25, 0.3) is 0 Å². The van der Waals surface area contributed by atoms with Crippen LogP contribution in [0.15, 0.2) is 30.7 Å². The summed E-state index contributed by atoms with van der Waals surface area (Å²) in [6.07, 6.45) is 6.91. The molecule has 2 aromatic heterocycles. The molecule has 5 rings (SSSR count). The van der Waals surface area contributed by atoms with Gasteiger partial charge in [-0.2, -0.15) is 5.10 Å². The first-order valence-corrected chi connectivity index (χ1v) is 11.0. The molecule has 0 bridgehead atoms. The van der Waals surface area contributed by atoms with E-state index in [0.717, 1.165) is 29.7 Å². The SMILES string of the molecule is COc1ccc(-c2cnn(C3CNC3)c2)c2ncc(CC(=O)N3CCC(C)(O)CC3)nc12. The number of aliphatic hydroxyl groups is 1. The summed E-state index contributed by atoms with van der Waals surface area (Å²) in [4.78, 5) is 24.0. The highest BCUT2D eigenvalue weighted by atomic mass is 16.5. The topological polar surface area (TPSA) is 105 Å². The van der Waals surface area contributed by atoms with Crippen LogP contribution in [0.3, 0.4) is 0 Å². The van der Waals surface area contributed by atoms with Crippen LogP contribution in [0.1, 0.15) is 31.5 Å². The van der Waals surface area contributed by atoms with E-state index in [1.165, 1.54) is 0 Å². The molecule has 3 aromatic rings. The molecule has 0 unspecified atom stereocenters. The van der Waals surface area contributed by atoms with Crippen molar-refractivity contribution in [3.05, 3.63) is 36.4 Å². The number of carbonyl (C=O) groups excluding carboxylic acids is 1. The number of fused-ring (bicyclic) bond motifs is 1. The Labute approximate surface area is 186 Å². The van der Waals surface area contributed by atoms with Gasteiger partial charge in [0, 0.05) is 49.7 Å². The first-order chi connectivity index (χ1) is 15.4. The van der Waals surface area contributed by atoms with Gasteiger partial charge in [-0.25, -0.2) is 4.98 Å². The summed E-state index contributed by atoms with van der Waals surface area (Å²) >= 11 is 0. The van der Waals surface area contributed by atoms with Crippen LogP contribution in [0.5, 0.6) is 5.75 Å². The van der Waals surface area contributed by atoms with Crippen molar-refractivity contribution in [1.82, 2.24) is 30.0 Å². The molecule has 32 heavy (non-hydrogen) atoms. The molecule has 1 amide bonds. The number of likely N-dealkylation sites (tertiary alicyclic amines) is 1. The molecule has 0 aliphatic carbocycles. The Bertz CT molecular complexity index is 1140. The highest BCUT2D eigenvalue weighted by molar-refractivity contribution is 5.95. The van der Waals surface area contributed by atoms with E-state index in [1.54, 1.807) is 18.2 Å². The average Bonchev–Trinajstić information content (AvgIpc) is 3.20. The summed E-state index contributed by atoms with van der Waals surface area (Å²) in [6, 6.07) is 4.24. The number of ether oxygens (including phenoxy) is 1. The second-order valence-electron chi connectivity index (χ2n) is 8.95. The van der Waals surface area contributed by atoms with Crippen molar-refractivity contribution < 1.29 is 14.6 Å². The number of methoxy groups -OCH3 is 1. The zero-order chi connectivity index (χ0) is 22.3. The number of hydrogen-bond donors (Lipinski definition) is 2. The maximum absolute atomic E-state index is 12.8. The van der Waals surface area contributed by atoms with Crippen LogP contribution in [0.2, 0.25) is 0 Å². The van der Waals surface area contributed by atoms with Gasteiger partial charge in [0.05, 0.1) is 37.1 Å². The summed E-state index contributed by atoms with van der Waals surface area (Å²) in [5.74, 6) is 0.620. The van der Waals surface area contributed by atoms with Crippen molar-refractivity contribution in [3.63, 3.8) is 0 Å². The third-order valence-corrected chi connectivity index (χ3v) is 6.50. The molecule has 0 radical (unpaired) electrons. The number of amides is 1. The van der Waals surface area contributed by atoms with Gasteiger partial charge in [-0.3, -0.25) is 14.5 Å². The van der Waals surface area contributed by atoms with Crippen LogP contribution < -0.4 is 10.1 Å². The van der Waals surface area contributed by atoms with Crippen molar-refractivity contribution in [2.24, 2.45) is 0 Å². The lowest BCUT2D eigenvalue weighted by molar-refractivity contribution is -0.134. The lowest BCUT2D eigenvalue weighted by atomic mass is 9.93. The molecule has 2 N–H and O–H groups in total. The minimum Gasteiger partial charge on any atom is -0.494 e. The Morgan fingerprint density at radius 1 is 1.25 bits per heavy atom. The zero-order valence-electron chi connectivity index (χ0n) is 18.4. The van der Waals surface area contributed by atoms with E-state index in [9.17, 15) is 9.90 Å². The zero-order valence-corrected chi connectivity index (χ0v) is 18.4. The predicted molar refractivity (Wildman–Crippen MR) is 119 cm³/mol. The molecule has 0 atom stereocenters. The fourth-order valence-corrected chi connectivity index (χ4v) is 4.24. The Morgan fingerprint density at radius 2 is 2.03 bits per heavy atom. The Hall–Kier alpha value is -3.04. The van der Waals surface area contributed by atoms with Crippen LogP contribution in [0, 0.1) is 0 Å². The number of hydrogen-bond acceptors (Lipinski definition) is 7. The predicted octanol–water partition coefficient (Wildman–Crippen LogP) is 1.56. The number of carbonyl (C=O) groups is 1. The Balaban J connectivity index is 1.41. The minimum absolute atomic E-state index is 0.000319. The van der Waals surface area contributed by atoms with Crippen LogP contribution in [-0.4, -0.2) is 74.6 Å². The van der Waals surface area contributed by atoms with Gasteiger partial charge in [-0.05, 0) is 31.9 Å². The first kappa shape index (κ1) is 20.8. The van der Waals surface area contributed by atoms with Gasteiger partial charge in [0.2, 0.25) is 5.91 Å². The second-order valence-corrected chi connectivity index (χ2v) is 8.95. The van der Waals surface area contributed by atoms with Crippen LogP contribution in [-0.2, 0) is 11.2 Å². The standard InChI is InChI=1S/C23H28N6O3/c1-23(31)5-7-28(8-6-23)20(30)9-16-11-25-21-18(3-4-19(32-2)22(21)27-16)15-10-26-29(14-15)17-12-24-13-17/h3-4,10-11,14,17,24,31H,5-9,12-13H2,1-2H3. The van der Waals surface area contributed by atoms with Crippen molar-refractivity contribution in [1.29, 1.82) is 0 Å². The molecule has 9 heteroatoms. The molecule has 2 fully saturated rings. The van der Waals surface area contributed by atoms with Gasteiger partial charge in [-0.1, -0.05) is 0 Å². The van der Waals surface area contributed by atoms with E-state index in [2.05, 4.69) is 15.4 Å². The normalized spacial score (nSPS) is 18.5. The smallest absolute Gasteiger partial charge is 0.228 e. The highest BCUT2D eigenvalue weighted by Gasteiger charge is 2.29. The second kappa shape index (κ2) is 8.14.